The van der Waals surface area contributed by atoms with Crippen molar-refractivity contribution in [2.75, 3.05) is 24.7 Å². The summed E-state index contributed by atoms with van der Waals surface area (Å²) >= 11 is 1.83. The largest absolute Gasteiger partial charge is 0.497 e. The molecule has 0 radical (unpaired) electrons. The van der Waals surface area contributed by atoms with Crippen LogP contribution in [-0.2, 0) is 0 Å². The Balaban J connectivity index is 1.75. The highest BCUT2D eigenvalue weighted by atomic mass is 32.2. The minimum absolute atomic E-state index is 0.913. The Morgan fingerprint density at radius 2 is 1.89 bits per heavy atom. The van der Waals surface area contributed by atoms with Gasteiger partial charge in [-0.15, -0.1) is 11.8 Å². The molecule has 2 aromatic carbocycles. The molecule has 0 unspecified atom stereocenters. The van der Waals surface area contributed by atoms with Crippen LogP contribution in [-0.4, -0.2) is 19.4 Å². The van der Waals surface area contributed by atoms with Crippen molar-refractivity contribution in [3.63, 3.8) is 0 Å². The Kier molecular flexibility index (Phi) is 4.97. The van der Waals surface area contributed by atoms with E-state index in [1.54, 1.807) is 7.11 Å². The molecular weight excluding hydrogens is 242 g/mol. The van der Waals surface area contributed by atoms with E-state index in [1.807, 2.05) is 42.1 Å². The first kappa shape index (κ1) is 12.8. The summed E-state index contributed by atoms with van der Waals surface area (Å²) in [5.41, 5.74) is 1.17. The molecule has 18 heavy (non-hydrogen) atoms. The summed E-state index contributed by atoms with van der Waals surface area (Å²) in [6.45, 7) is 0.950. The van der Waals surface area contributed by atoms with Crippen molar-refractivity contribution in [3.8, 4) is 5.75 Å². The molecule has 0 bridgehead atoms. The van der Waals surface area contributed by atoms with E-state index in [0.29, 0.717) is 0 Å². The van der Waals surface area contributed by atoms with Crippen LogP contribution in [0.5, 0.6) is 5.75 Å². The van der Waals surface area contributed by atoms with E-state index in [1.165, 1.54) is 10.6 Å². The first-order valence-electron chi connectivity index (χ1n) is 5.94. The highest BCUT2D eigenvalue weighted by Gasteiger charge is 1.96. The molecule has 0 aromatic heterocycles. The highest BCUT2D eigenvalue weighted by Crippen LogP contribution is 2.22. The van der Waals surface area contributed by atoms with Gasteiger partial charge in [0.1, 0.15) is 5.75 Å². The van der Waals surface area contributed by atoms with Crippen molar-refractivity contribution in [1.82, 2.24) is 0 Å². The highest BCUT2D eigenvalue weighted by molar-refractivity contribution is 7.99. The first-order valence-corrected chi connectivity index (χ1v) is 6.93. The van der Waals surface area contributed by atoms with Crippen LogP contribution in [0.2, 0.25) is 0 Å². The topological polar surface area (TPSA) is 21.3 Å². The number of nitrogens with one attached hydrogen (secondary N) is 1. The number of hydrogen-bond acceptors (Lipinski definition) is 3. The second-order valence-electron chi connectivity index (χ2n) is 3.82. The van der Waals surface area contributed by atoms with E-state index < -0.39 is 0 Å². The van der Waals surface area contributed by atoms with E-state index in [4.69, 9.17) is 4.74 Å². The summed E-state index contributed by atoms with van der Waals surface area (Å²) < 4.78 is 5.20. The van der Waals surface area contributed by atoms with Crippen LogP contribution < -0.4 is 10.1 Å². The molecule has 0 saturated heterocycles. The number of ether oxygens (including phenoxy) is 1. The Bertz CT molecular complexity index is 473. The second-order valence-corrected chi connectivity index (χ2v) is 4.99. The van der Waals surface area contributed by atoms with Crippen molar-refractivity contribution < 1.29 is 4.74 Å². The minimum Gasteiger partial charge on any atom is -0.497 e. The molecule has 1 N–H and O–H groups in total. The average Bonchev–Trinajstić information content (AvgIpc) is 2.45. The molecule has 0 saturated carbocycles. The van der Waals surface area contributed by atoms with Gasteiger partial charge in [-0.2, -0.15) is 0 Å². The lowest BCUT2D eigenvalue weighted by Gasteiger charge is -2.06. The fourth-order valence-electron chi connectivity index (χ4n) is 1.61. The normalized spacial score (nSPS) is 10.1. The van der Waals surface area contributed by atoms with E-state index >= 15 is 0 Å². The van der Waals surface area contributed by atoms with Crippen LogP contribution >= 0.6 is 11.8 Å². The predicted molar refractivity (Wildman–Crippen MR) is 78.6 cm³/mol. The fraction of sp³-hybridized carbons (Fsp3) is 0.200. The number of hydrogen-bond donors (Lipinski definition) is 1. The molecule has 0 atom stereocenters. The monoisotopic (exact) mass is 259 g/mol. The SMILES string of the molecule is COc1cccc(SCCNc2ccccc2)c1. The van der Waals surface area contributed by atoms with Gasteiger partial charge in [-0.25, -0.2) is 0 Å². The minimum atomic E-state index is 0.913. The standard InChI is InChI=1S/C15H17NOS/c1-17-14-8-5-9-15(12-14)18-11-10-16-13-6-3-2-4-7-13/h2-9,12,16H,10-11H2,1H3. The Hall–Kier alpha value is -1.61. The van der Waals surface area contributed by atoms with Gasteiger partial charge in [-0.1, -0.05) is 24.3 Å². The van der Waals surface area contributed by atoms with Crippen LogP contribution in [0.15, 0.2) is 59.5 Å². The van der Waals surface area contributed by atoms with Crippen molar-refractivity contribution in [2.45, 2.75) is 4.90 Å². The molecule has 0 aliphatic heterocycles. The van der Waals surface area contributed by atoms with Gasteiger partial charge < -0.3 is 10.1 Å². The van der Waals surface area contributed by atoms with E-state index in [2.05, 4.69) is 29.6 Å². The van der Waals surface area contributed by atoms with Gasteiger partial charge >= 0.3 is 0 Å². The van der Waals surface area contributed by atoms with Gasteiger partial charge in [0.05, 0.1) is 7.11 Å². The molecule has 0 spiro atoms. The molecule has 0 aliphatic carbocycles. The van der Waals surface area contributed by atoms with Crippen LogP contribution in [0.3, 0.4) is 0 Å². The van der Waals surface area contributed by atoms with Crippen LogP contribution in [0.1, 0.15) is 0 Å². The molecule has 3 heteroatoms. The lowest BCUT2D eigenvalue weighted by molar-refractivity contribution is 0.413. The van der Waals surface area contributed by atoms with Gasteiger partial charge in [0.15, 0.2) is 0 Å². The molecule has 2 nitrogen and oxygen atoms in total. The zero-order valence-electron chi connectivity index (χ0n) is 10.4. The third kappa shape index (κ3) is 4.00. The Morgan fingerprint density at radius 3 is 2.67 bits per heavy atom. The van der Waals surface area contributed by atoms with Crippen molar-refractivity contribution >= 4 is 17.4 Å². The summed E-state index contributed by atoms with van der Waals surface area (Å²) in [6.07, 6.45) is 0. The maximum absolute atomic E-state index is 5.20. The predicted octanol–water partition coefficient (Wildman–Crippen LogP) is 3.90. The van der Waals surface area contributed by atoms with Crippen molar-refractivity contribution in [2.24, 2.45) is 0 Å². The fourth-order valence-corrected chi connectivity index (χ4v) is 2.43. The maximum atomic E-state index is 5.20. The van der Waals surface area contributed by atoms with Crippen molar-refractivity contribution in [1.29, 1.82) is 0 Å². The number of rotatable bonds is 6. The second kappa shape index (κ2) is 6.97. The molecule has 94 valence electrons. The summed E-state index contributed by atoms with van der Waals surface area (Å²) in [5.74, 6) is 1.94. The van der Waals surface area contributed by atoms with Crippen molar-refractivity contribution in [3.05, 3.63) is 54.6 Å². The lowest BCUT2D eigenvalue weighted by Crippen LogP contribution is -2.03. The van der Waals surface area contributed by atoms with E-state index in [9.17, 15) is 0 Å². The molecule has 2 rings (SSSR count). The van der Waals surface area contributed by atoms with Crippen LogP contribution in [0.25, 0.3) is 0 Å². The summed E-state index contributed by atoms with van der Waals surface area (Å²) in [4.78, 5) is 1.24. The number of methoxy groups -OCH3 is 1. The number of thioether (sulfide) groups is 1. The summed E-state index contributed by atoms with van der Waals surface area (Å²) in [7, 11) is 1.70. The molecule has 0 amide bonds. The Morgan fingerprint density at radius 1 is 1.06 bits per heavy atom. The summed E-state index contributed by atoms with van der Waals surface area (Å²) in [6, 6.07) is 18.4. The average molecular weight is 259 g/mol. The molecule has 0 aliphatic rings. The van der Waals surface area contributed by atoms with Gasteiger partial charge in [-0.05, 0) is 30.3 Å². The number of anilines is 1. The number of benzene rings is 2. The summed E-state index contributed by atoms with van der Waals surface area (Å²) in [5, 5.41) is 3.39. The zero-order chi connectivity index (χ0) is 12.6. The molecule has 0 fully saturated rings. The van der Waals surface area contributed by atoms with E-state index in [-0.39, 0.29) is 0 Å². The van der Waals surface area contributed by atoms with Gasteiger partial charge in [0.2, 0.25) is 0 Å². The molecular formula is C15H17NOS. The number of para-hydroxylation sites is 1. The quantitative estimate of drug-likeness (QED) is 0.628. The third-order valence-electron chi connectivity index (χ3n) is 2.51. The molecule has 0 heterocycles. The smallest absolute Gasteiger partial charge is 0.119 e. The van der Waals surface area contributed by atoms with Gasteiger partial charge in [0, 0.05) is 22.9 Å². The molecule has 2 aromatic rings. The first-order chi connectivity index (χ1) is 8.88. The van der Waals surface area contributed by atoms with Crippen LogP contribution in [0, 0.1) is 0 Å². The Labute approximate surface area is 112 Å². The zero-order valence-corrected chi connectivity index (χ0v) is 11.2. The van der Waals surface area contributed by atoms with Gasteiger partial charge in [-0.3, -0.25) is 0 Å². The lowest BCUT2D eigenvalue weighted by atomic mass is 10.3. The third-order valence-corrected chi connectivity index (χ3v) is 3.51. The van der Waals surface area contributed by atoms with Gasteiger partial charge in [0.25, 0.3) is 0 Å². The van der Waals surface area contributed by atoms with E-state index in [0.717, 1.165) is 18.0 Å². The van der Waals surface area contributed by atoms with Crippen LogP contribution in [0.4, 0.5) is 5.69 Å². The maximum Gasteiger partial charge on any atom is 0.119 e.